The van der Waals surface area contributed by atoms with Gasteiger partial charge in [-0.05, 0) is 43.6 Å². The molecule has 0 aromatic carbocycles. The number of rotatable bonds is 4. The topological polar surface area (TPSA) is 66.0 Å². The lowest BCUT2D eigenvalue weighted by molar-refractivity contribution is -0.0674. The van der Waals surface area contributed by atoms with Crippen molar-refractivity contribution in [3.05, 3.63) is 4.73 Å². The molecule has 15 heavy (non-hydrogen) atoms. The van der Waals surface area contributed by atoms with E-state index in [0.717, 1.165) is 0 Å². The lowest BCUT2D eigenvalue weighted by Crippen LogP contribution is -2.33. The van der Waals surface area contributed by atoms with Crippen molar-refractivity contribution < 1.29 is 4.74 Å². The monoisotopic (exact) mass is 276 g/mol. The molecule has 0 unspecified atom stereocenters. The van der Waals surface area contributed by atoms with Gasteiger partial charge in [0.05, 0.1) is 18.2 Å². The van der Waals surface area contributed by atoms with E-state index in [1.54, 1.807) is 4.68 Å². The van der Waals surface area contributed by atoms with Crippen LogP contribution in [0, 0.1) is 0 Å². The first-order valence-electron chi connectivity index (χ1n) is 4.84. The van der Waals surface area contributed by atoms with Crippen LogP contribution in [-0.2, 0) is 11.3 Å². The Morgan fingerprint density at radius 1 is 1.53 bits per heavy atom. The minimum absolute atomic E-state index is 0.180. The van der Waals surface area contributed by atoms with Crippen LogP contribution in [0.2, 0.25) is 0 Å². The van der Waals surface area contributed by atoms with Crippen molar-refractivity contribution in [2.75, 3.05) is 5.73 Å². The first-order valence-corrected chi connectivity index (χ1v) is 5.63. The van der Waals surface area contributed by atoms with Gasteiger partial charge in [-0.1, -0.05) is 0 Å². The highest BCUT2D eigenvalue weighted by atomic mass is 79.9. The van der Waals surface area contributed by atoms with Crippen LogP contribution < -0.4 is 5.73 Å². The Bertz CT molecular complexity index is 335. The van der Waals surface area contributed by atoms with Crippen LogP contribution in [0.4, 0.5) is 5.95 Å². The van der Waals surface area contributed by atoms with Gasteiger partial charge >= 0.3 is 0 Å². The molecule has 0 amide bonds. The summed E-state index contributed by atoms with van der Waals surface area (Å²) in [4.78, 5) is 3.97. The molecule has 1 aromatic heterocycles. The van der Waals surface area contributed by atoms with E-state index < -0.39 is 0 Å². The van der Waals surface area contributed by atoms with Crippen molar-refractivity contribution in [3.8, 4) is 0 Å². The number of hydrogen-bond acceptors (Lipinski definition) is 4. The number of hydrogen-bond donors (Lipinski definition) is 1. The van der Waals surface area contributed by atoms with Crippen LogP contribution in [0.1, 0.15) is 27.7 Å². The molecule has 0 aliphatic heterocycles. The summed E-state index contributed by atoms with van der Waals surface area (Å²) < 4.78 is 8.07. The molecule has 5 nitrogen and oxygen atoms in total. The average Bonchev–Trinajstić information content (AvgIpc) is 2.25. The Balaban J connectivity index is 2.72. The number of ether oxygens (including phenoxy) is 1. The minimum atomic E-state index is -0.295. The zero-order valence-electron chi connectivity index (χ0n) is 9.49. The molecule has 0 saturated carbocycles. The van der Waals surface area contributed by atoms with Crippen molar-refractivity contribution >= 4 is 21.9 Å². The zero-order valence-corrected chi connectivity index (χ0v) is 11.1. The van der Waals surface area contributed by atoms with Crippen molar-refractivity contribution in [3.63, 3.8) is 0 Å². The standard InChI is InChI=1S/C9H17BrN4O/c1-6(2)15-9(3,4)5-14-7(10)12-8(11)13-14/h6H,5H2,1-4H3,(H2,11,13). The molecule has 2 N–H and O–H groups in total. The summed E-state index contributed by atoms with van der Waals surface area (Å²) in [6, 6.07) is 0. The molecule has 6 heteroatoms. The third-order valence-corrected chi connectivity index (χ3v) is 2.31. The molecule has 0 atom stereocenters. The van der Waals surface area contributed by atoms with Gasteiger partial charge in [-0.2, -0.15) is 4.98 Å². The lowest BCUT2D eigenvalue weighted by Gasteiger charge is -2.27. The third-order valence-electron chi connectivity index (χ3n) is 1.73. The summed E-state index contributed by atoms with van der Waals surface area (Å²) in [5, 5.41) is 4.06. The largest absolute Gasteiger partial charge is 0.371 e. The molecule has 1 heterocycles. The summed E-state index contributed by atoms with van der Waals surface area (Å²) in [7, 11) is 0. The van der Waals surface area contributed by atoms with Crippen LogP contribution in [0.5, 0.6) is 0 Å². The molecule has 0 saturated heterocycles. The molecule has 0 bridgehead atoms. The van der Waals surface area contributed by atoms with Crippen LogP contribution in [0.15, 0.2) is 4.73 Å². The van der Waals surface area contributed by atoms with Crippen LogP contribution in [0.25, 0.3) is 0 Å². The van der Waals surface area contributed by atoms with Crippen molar-refractivity contribution in [2.45, 2.75) is 45.9 Å². The Kier molecular flexibility index (Phi) is 3.72. The highest BCUT2D eigenvalue weighted by Gasteiger charge is 2.22. The summed E-state index contributed by atoms with van der Waals surface area (Å²) in [5.41, 5.74) is 5.19. The van der Waals surface area contributed by atoms with Gasteiger partial charge in [0.2, 0.25) is 5.95 Å². The molecular formula is C9H17BrN4O. The van der Waals surface area contributed by atoms with E-state index in [-0.39, 0.29) is 17.7 Å². The Morgan fingerprint density at radius 3 is 2.53 bits per heavy atom. The first kappa shape index (κ1) is 12.4. The smallest absolute Gasteiger partial charge is 0.240 e. The fraction of sp³-hybridized carbons (Fsp3) is 0.778. The van der Waals surface area contributed by atoms with E-state index in [1.165, 1.54) is 0 Å². The predicted octanol–water partition coefficient (Wildman–Crippen LogP) is 1.83. The van der Waals surface area contributed by atoms with E-state index in [1.807, 2.05) is 27.7 Å². The molecule has 86 valence electrons. The quantitative estimate of drug-likeness (QED) is 0.911. The molecule has 0 spiro atoms. The summed E-state index contributed by atoms with van der Waals surface area (Å²) in [6.45, 7) is 8.64. The van der Waals surface area contributed by atoms with Gasteiger partial charge in [-0.15, -0.1) is 5.10 Å². The van der Waals surface area contributed by atoms with Crippen molar-refractivity contribution in [1.82, 2.24) is 14.8 Å². The van der Waals surface area contributed by atoms with E-state index in [9.17, 15) is 0 Å². The van der Waals surface area contributed by atoms with Crippen LogP contribution >= 0.6 is 15.9 Å². The number of nitrogens with two attached hydrogens (primary N) is 1. The van der Waals surface area contributed by atoms with Gasteiger partial charge in [0, 0.05) is 0 Å². The molecule has 1 rings (SSSR count). The normalized spacial score (nSPS) is 12.4. The summed E-state index contributed by atoms with van der Waals surface area (Å²) in [5.74, 6) is 0.266. The lowest BCUT2D eigenvalue weighted by atomic mass is 10.1. The average molecular weight is 277 g/mol. The molecule has 0 fully saturated rings. The maximum absolute atomic E-state index is 5.76. The molecule has 0 aliphatic rings. The number of halogens is 1. The van der Waals surface area contributed by atoms with Gasteiger partial charge in [0.15, 0.2) is 4.73 Å². The Labute approximate surface area is 98.1 Å². The Morgan fingerprint density at radius 2 is 2.13 bits per heavy atom. The fourth-order valence-electron chi connectivity index (χ4n) is 1.48. The first-order chi connectivity index (χ1) is 6.80. The van der Waals surface area contributed by atoms with E-state index in [0.29, 0.717) is 11.3 Å². The maximum atomic E-state index is 5.76. The van der Waals surface area contributed by atoms with E-state index in [4.69, 9.17) is 10.5 Å². The predicted molar refractivity (Wildman–Crippen MR) is 62.4 cm³/mol. The van der Waals surface area contributed by atoms with Gasteiger partial charge in [0.1, 0.15) is 0 Å². The van der Waals surface area contributed by atoms with Crippen LogP contribution in [0.3, 0.4) is 0 Å². The summed E-state index contributed by atoms with van der Waals surface area (Å²) >= 11 is 3.29. The third kappa shape index (κ3) is 3.79. The fourth-order valence-corrected chi connectivity index (χ4v) is 1.86. The molecule has 0 aliphatic carbocycles. The van der Waals surface area contributed by atoms with Gasteiger partial charge in [-0.25, -0.2) is 4.68 Å². The highest BCUT2D eigenvalue weighted by molar-refractivity contribution is 9.10. The number of aromatic nitrogens is 3. The number of nitrogen functional groups attached to an aromatic ring is 1. The molecular weight excluding hydrogens is 260 g/mol. The maximum Gasteiger partial charge on any atom is 0.240 e. The van der Waals surface area contributed by atoms with Gasteiger partial charge in [0.25, 0.3) is 0 Å². The second kappa shape index (κ2) is 4.49. The minimum Gasteiger partial charge on any atom is -0.371 e. The number of nitrogens with zero attached hydrogens (tertiary/aromatic N) is 3. The van der Waals surface area contributed by atoms with Crippen LogP contribution in [-0.4, -0.2) is 26.5 Å². The molecule has 0 radical (unpaired) electrons. The van der Waals surface area contributed by atoms with Crippen molar-refractivity contribution in [2.24, 2.45) is 0 Å². The van der Waals surface area contributed by atoms with Gasteiger partial charge in [-0.3, -0.25) is 0 Å². The van der Waals surface area contributed by atoms with E-state index in [2.05, 4.69) is 26.0 Å². The van der Waals surface area contributed by atoms with Gasteiger partial charge < -0.3 is 10.5 Å². The molecule has 1 aromatic rings. The number of anilines is 1. The van der Waals surface area contributed by atoms with E-state index >= 15 is 0 Å². The SMILES string of the molecule is CC(C)OC(C)(C)Cn1nc(N)nc1Br. The second-order valence-electron chi connectivity index (χ2n) is 4.32. The second-order valence-corrected chi connectivity index (χ2v) is 5.03. The highest BCUT2D eigenvalue weighted by Crippen LogP contribution is 2.18. The Hall–Kier alpha value is -0.620. The zero-order chi connectivity index (χ0) is 11.6. The van der Waals surface area contributed by atoms with Crippen molar-refractivity contribution in [1.29, 1.82) is 0 Å². The summed E-state index contributed by atoms with van der Waals surface area (Å²) in [6.07, 6.45) is 0.180.